The number of hydrazone groups is 1. The summed E-state index contributed by atoms with van der Waals surface area (Å²) >= 11 is 6.15. The van der Waals surface area contributed by atoms with Crippen LogP contribution in [0.2, 0.25) is 5.02 Å². The van der Waals surface area contributed by atoms with Crippen LogP contribution in [0.4, 0.5) is 15.9 Å². The summed E-state index contributed by atoms with van der Waals surface area (Å²) in [6, 6.07) is 9.96. The summed E-state index contributed by atoms with van der Waals surface area (Å²) in [4.78, 5) is 30.0. The number of aromatic nitrogens is 1. The molecule has 0 saturated carbocycles. The quantitative estimate of drug-likeness (QED) is 0.291. The molecule has 0 fully saturated rings. The van der Waals surface area contributed by atoms with E-state index >= 15 is 0 Å². The lowest BCUT2D eigenvalue weighted by atomic mass is 10.1. The number of carbonyl (C=O) groups is 2. The summed E-state index contributed by atoms with van der Waals surface area (Å²) in [6.07, 6.45) is 8.20. The molecule has 0 aliphatic rings. The van der Waals surface area contributed by atoms with Gasteiger partial charge in [0.1, 0.15) is 17.4 Å². The summed E-state index contributed by atoms with van der Waals surface area (Å²) < 4.78 is 20.0. The Bertz CT molecular complexity index is 1330. The molecule has 0 atom stereocenters. The lowest BCUT2D eigenvalue weighted by molar-refractivity contribution is 0.102. The molecule has 0 saturated heterocycles. The van der Waals surface area contributed by atoms with Crippen molar-refractivity contribution in [2.24, 2.45) is 5.10 Å². The minimum Gasteiger partial charge on any atom is -0.494 e. The molecule has 0 bridgehead atoms. The molecule has 10 heteroatoms. The maximum atomic E-state index is 14.7. The Kier molecular flexibility index (Phi) is 8.02. The van der Waals surface area contributed by atoms with Crippen LogP contribution >= 0.6 is 11.6 Å². The average molecular weight is 494 g/mol. The first-order valence-corrected chi connectivity index (χ1v) is 10.5. The second kappa shape index (κ2) is 11.1. The van der Waals surface area contributed by atoms with Gasteiger partial charge in [-0.2, -0.15) is 5.10 Å². The first-order valence-electron chi connectivity index (χ1n) is 10.2. The zero-order chi connectivity index (χ0) is 25.5. The van der Waals surface area contributed by atoms with E-state index < -0.39 is 17.6 Å². The van der Waals surface area contributed by atoms with Crippen molar-refractivity contribution in [2.45, 2.75) is 0 Å². The van der Waals surface area contributed by atoms with Gasteiger partial charge >= 0.3 is 0 Å². The average Bonchev–Trinajstić information content (AvgIpc) is 2.83. The fraction of sp³-hybridized carbons (Fsp3) is 0.120. The Morgan fingerprint density at radius 1 is 1.14 bits per heavy atom. The van der Waals surface area contributed by atoms with E-state index in [1.54, 1.807) is 31.2 Å². The number of ether oxygens (including phenoxy) is 1. The van der Waals surface area contributed by atoms with Gasteiger partial charge in [-0.25, -0.2) is 9.37 Å². The minimum absolute atomic E-state index is 0.0114. The van der Waals surface area contributed by atoms with Crippen LogP contribution in [0.5, 0.6) is 5.75 Å². The molecule has 0 aliphatic carbocycles. The van der Waals surface area contributed by atoms with Crippen LogP contribution in [0.1, 0.15) is 31.8 Å². The molecular weight excluding hydrogens is 473 g/mol. The number of anilines is 2. The van der Waals surface area contributed by atoms with E-state index in [1.807, 2.05) is 0 Å². The van der Waals surface area contributed by atoms with Crippen molar-refractivity contribution < 1.29 is 18.7 Å². The molecule has 0 unspecified atom stereocenters. The fourth-order valence-electron chi connectivity index (χ4n) is 2.95. The second-order valence-electron chi connectivity index (χ2n) is 7.35. The molecule has 1 aromatic heterocycles. The van der Waals surface area contributed by atoms with E-state index in [0.717, 1.165) is 0 Å². The molecule has 8 nitrogen and oxygen atoms in total. The maximum Gasteiger partial charge on any atom is 0.259 e. The van der Waals surface area contributed by atoms with E-state index in [1.165, 1.54) is 49.9 Å². The van der Waals surface area contributed by atoms with Crippen LogP contribution in [0.25, 0.3) is 0 Å². The van der Waals surface area contributed by atoms with Crippen molar-refractivity contribution in [3.8, 4) is 18.1 Å². The Morgan fingerprint density at radius 2 is 1.89 bits per heavy atom. The number of halogens is 2. The highest BCUT2D eigenvalue weighted by Gasteiger charge is 2.22. The number of hydrogen-bond acceptors (Lipinski definition) is 6. The number of amides is 2. The zero-order valence-corrected chi connectivity index (χ0v) is 19.9. The van der Waals surface area contributed by atoms with Crippen molar-refractivity contribution in [3.63, 3.8) is 0 Å². The van der Waals surface area contributed by atoms with E-state index in [0.29, 0.717) is 11.1 Å². The third-order valence-electron chi connectivity index (χ3n) is 4.62. The molecule has 0 aliphatic heterocycles. The predicted octanol–water partition coefficient (Wildman–Crippen LogP) is 4.26. The number of benzene rings is 2. The maximum absolute atomic E-state index is 14.7. The van der Waals surface area contributed by atoms with Crippen molar-refractivity contribution in [1.82, 2.24) is 9.99 Å². The van der Waals surface area contributed by atoms with Crippen molar-refractivity contribution >= 4 is 41.1 Å². The first-order chi connectivity index (χ1) is 16.7. The van der Waals surface area contributed by atoms with Gasteiger partial charge in [0.2, 0.25) is 0 Å². The first kappa shape index (κ1) is 25.2. The molecule has 0 spiro atoms. The van der Waals surface area contributed by atoms with E-state index in [9.17, 15) is 14.0 Å². The summed E-state index contributed by atoms with van der Waals surface area (Å²) in [5.74, 6) is 0.596. The number of hydrogen-bond donors (Lipinski definition) is 2. The lowest BCUT2D eigenvalue weighted by Gasteiger charge is -2.16. The summed E-state index contributed by atoms with van der Waals surface area (Å²) in [6.45, 7) is 0. The Balaban J connectivity index is 1.92. The molecule has 178 valence electrons. The number of methoxy groups -OCH3 is 1. The summed E-state index contributed by atoms with van der Waals surface area (Å²) in [5, 5.41) is 10.9. The Hall–Kier alpha value is -4.42. The molecule has 35 heavy (non-hydrogen) atoms. The number of nitrogens with one attached hydrogen (secondary N) is 2. The number of pyridine rings is 1. The molecule has 2 amide bonds. The van der Waals surface area contributed by atoms with Crippen LogP contribution in [0.3, 0.4) is 0 Å². The number of carbonyl (C=O) groups excluding carboxylic acids is 2. The van der Waals surface area contributed by atoms with Crippen molar-refractivity contribution in [3.05, 3.63) is 81.8 Å². The number of rotatable bonds is 7. The molecule has 1 heterocycles. The van der Waals surface area contributed by atoms with Gasteiger partial charge in [0.15, 0.2) is 0 Å². The van der Waals surface area contributed by atoms with Crippen LogP contribution in [-0.4, -0.2) is 49.2 Å². The third kappa shape index (κ3) is 6.34. The van der Waals surface area contributed by atoms with Gasteiger partial charge in [-0.3, -0.25) is 9.59 Å². The molecule has 2 aromatic carbocycles. The second-order valence-corrected chi connectivity index (χ2v) is 7.78. The van der Waals surface area contributed by atoms with Gasteiger partial charge in [-0.05, 0) is 35.9 Å². The van der Waals surface area contributed by atoms with Gasteiger partial charge < -0.3 is 20.4 Å². The third-order valence-corrected chi connectivity index (χ3v) is 4.84. The van der Waals surface area contributed by atoms with Gasteiger partial charge in [0.25, 0.3) is 11.8 Å². The largest absolute Gasteiger partial charge is 0.494 e. The highest BCUT2D eigenvalue weighted by Crippen LogP contribution is 2.33. The molecule has 3 aromatic rings. The summed E-state index contributed by atoms with van der Waals surface area (Å²) in [5.41, 5.74) is 0.779. The van der Waals surface area contributed by atoms with E-state index in [4.69, 9.17) is 22.8 Å². The van der Waals surface area contributed by atoms with Gasteiger partial charge in [0, 0.05) is 36.9 Å². The zero-order valence-electron chi connectivity index (χ0n) is 19.1. The molecule has 0 radical (unpaired) electrons. The SMILES string of the molecule is C#Cc1ccc(NC(=O)c2cc(Cl)cc(OC)c2NC(=O)c2ccc(C=NN(C)C)cc2F)nc1. The van der Waals surface area contributed by atoms with Crippen LogP contribution in [0, 0.1) is 18.2 Å². The standard InChI is InChI=1S/C25H21ClFN5O3/c1-5-15-7-9-22(28-13-15)30-25(34)19-11-17(26)12-21(35-4)23(19)31-24(33)18-8-6-16(10-20(18)27)14-29-32(2)3/h1,6-14H,2-4H3,(H,31,33)(H,28,30,34). The van der Waals surface area contributed by atoms with Crippen LogP contribution < -0.4 is 15.4 Å². The molecule has 2 N–H and O–H groups in total. The molecule has 3 rings (SSSR count). The minimum atomic E-state index is -0.787. The van der Waals surface area contributed by atoms with Crippen molar-refractivity contribution in [1.29, 1.82) is 0 Å². The predicted molar refractivity (Wildman–Crippen MR) is 134 cm³/mol. The highest BCUT2D eigenvalue weighted by atomic mass is 35.5. The Labute approximate surface area is 206 Å². The Morgan fingerprint density at radius 3 is 2.49 bits per heavy atom. The number of terminal acetylenes is 1. The van der Waals surface area contributed by atoms with Gasteiger partial charge in [-0.1, -0.05) is 23.6 Å². The van der Waals surface area contributed by atoms with Gasteiger partial charge in [0.05, 0.1) is 30.1 Å². The lowest BCUT2D eigenvalue weighted by Crippen LogP contribution is -2.20. The normalized spacial score (nSPS) is 10.5. The number of nitrogens with zero attached hydrogens (tertiary/aromatic N) is 3. The van der Waals surface area contributed by atoms with Crippen LogP contribution in [-0.2, 0) is 0 Å². The molecular formula is C25H21ClFN5O3. The van der Waals surface area contributed by atoms with Crippen molar-refractivity contribution in [2.75, 3.05) is 31.8 Å². The summed E-state index contributed by atoms with van der Waals surface area (Å²) in [7, 11) is 4.80. The smallest absolute Gasteiger partial charge is 0.259 e. The van der Waals surface area contributed by atoms with E-state index in [2.05, 4.69) is 26.6 Å². The van der Waals surface area contributed by atoms with Gasteiger partial charge in [-0.15, -0.1) is 6.42 Å². The monoisotopic (exact) mass is 493 g/mol. The van der Waals surface area contributed by atoms with E-state index in [-0.39, 0.29) is 33.4 Å². The highest BCUT2D eigenvalue weighted by molar-refractivity contribution is 6.31. The fourth-order valence-corrected chi connectivity index (χ4v) is 3.15. The van der Waals surface area contributed by atoms with Crippen LogP contribution in [0.15, 0.2) is 53.8 Å². The topological polar surface area (TPSA) is 95.9 Å².